The van der Waals surface area contributed by atoms with E-state index in [9.17, 15) is 14.4 Å². The van der Waals surface area contributed by atoms with Crippen molar-refractivity contribution < 1.29 is 29.0 Å². The molecule has 0 amide bonds. The zero-order valence-electron chi connectivity index (χ0n) is 21.2. The fourth-order valence-corrected chi connectivity index (χ4v) is 4.11. The number of carbonyl (C=O) groups is 3. The highest BCUT2D eigenvalue weighted by Gasteiger charge is 2.40. The van der Waals surface area contributed by atoms with Crippen molar-refractivity contribution in [3.63, 3.8) is 0 Å². The molecule has 2 aromatic carbocycles. The summed E-state index contributed by atoms with van der Waals surface area (Å²) < 4.78 is 10.7. The number of aliphatic hydroxyl groups is 1. The van der Waals surface area contributed by atoms with Crippen molar-refractivity contribution in [2.75, 3.05) is 13.4 Å². The molecule has 0 aromatic heterocycles. The Kier molecular flexibility index (Phi) is 8.84. The number of fused-ring (bicyclic) bond motifs is 1. The van der Waals surface area contributed by atoms with Gasteiger partial charge in [0.2, 0.25) is 6.79 Å². The van der Waals surface area contributed by atoms with Crippen LogP contribution in [0.25, 0.3) is 0 Å². The number of allylic oxidation sites excluding steroid dienone is 1. The van der Waals surface area contributed by atoms with Gasteiger partial charge in [-0.05, 0) is 56.2 Å². The van der Waals surface area contributed by atoms with Crippen molar-refractivity contribution in [2.24, 2.45) is 17.3 Å². The second-order valence-corrected chi connectivity index (χ2v) is 9.50. The number of ketones is 3. The normalized spacial score (nSPS) is 14.7. The number of ether oxygens (including phenoxy) is 2. The Morgan fingerprint density at radius 1 is 1.00 bits per heavy atom. The molecule has 1 aliphatic rings. The first-order valence-corrected chi connectivity index (χ1v) is 12.1. The highest BCUT2D eigenvalue weighted by Crippen LogP contribution is 2.33. The Morgan fingerprint density at radius 3 is 2.31 bits per heavy atom. The molecule has 0 saturated carbocycles. The topological polar surface area (TPSA) is 89.9 Å². The zero-order valence-corrected chi connectivity index (χ0v) is 21.2. The highest BCUT2D eigenvalue weighted by molar-refractivity contribution is 6.11. The van der Waals surface area contributed by atoms with Crippen LogP contribution in [0.4, 0.5) is 0 Å². The summed E-state index contributed by atoms with van der Waals surface area (Å²) in [6.45, 7) is 6.90. The first-order chi connectivity index (χ1) is 17.2. The van der Waals surface area contributed by atoms with Gasteiger partial charge >= 0.3 is 0 Å². The molecule has 3 rings (SSSR count). The van der Waals surface area contributed by atoms with Crippen LogP contribution in [-0.4, -0.2) is 35.9 Å². The Morgan fingerprint density at radius 2 is 1.64 bits per heavy atom. The van der Waals surface area contributed by atoms with Crippen LogP contribution in [0.15, 0.2) is 54.6 Å². The molecule has 1 aliphatic heterocycles. The van der Waals surface area contributed by atoms with Gasteiger partial charge in [-0.1, -0.05) is 50.8 Å². The van der Waals surface area contributed by atoms with Crippen molar-refractivity contribution in [2.45, 2.75) is 40.5 Å². The standard InChI is InChI=1S/C30H32O6/c1-20(2)29(34)30(4,27(32)6-5-17-31)16-15-21(3)28(33)24-12-9-22(10-13-24)7-8-23-11-14-25-26(18-23)36-19-35-25/h5-6,9-14,18,20-21,31H,15-17,19H2,1-4H3/b6-5+/t21?,30-/m1/s1. The Balaban J connectivity index is 1.66. The second-order valence-electron chi connectivity index (χ2n) is 9.50. The zero-order chi connectivity index (χ0) is 26.3. The largest absolute Gasteiger partial charge is 0.454 e. The van der Waals surface area contributed by atoms with Gasteiger partial charge in [-0.15, -0.1) is 0 Å². The van der Waals surface area contributed by atoms with Gasteiger partial charge in [0.1, 0.15) is 5.78 Å². The average Bonchev–Trinajstić information content (AvgIpc) is 3.36. The predicted molar refractivity (Wildman–Crippen MR) is 137 cm³/mol. The minimum atomic E-state index is -1.23. The Labute approximate surface area is 212 Å². The van der Waals surface area contributed by atoms with E-state index in [1.807, 2.05) is 25.1 Å². The van der Waals surface area contributed by atoms with Crippen LogP contribution in [0.3, 0.4) is 0 Å². The molecule has 2 aromatic rings. The van der Waals surface area contributed by atoms with Crippen LogP contribution in [0.5, 0.6) is 11.5 Å². The molecule has 0 bridgehead atoms. The van der Waals surface area contributed by atoms with Crippen LogP contribution in [0, 0.1) is 29.1 Å². The average molecular weight is 489 g/mol. The lowest BCUT2D eigenvalue weighted by atomic mass is 9.72. The van der Waals surface area contributed by atoms with Crippen molar-refractivity contribution >= 4 is 17.3 Å². The summed E-state index contributed by atoms with van der Waals surface area (Å²) in [5.74, 6) is 6.30. The molecular weight excluding hydrogens is 456 g/mol. The molecule has 36 heavy (non-hydrogen) atoms. The van der Waals surface area contributed by atoms with E-state index in [0.29, 0.717) is 23.5 Å². The number of benzene rings is 2. The van der Waals surface area contributed by atoms with Crippen LogP contribution in [0.1, 0.15) is 62.0 Å². The molecule has 0 spiro atoms. The van der Waals surface area contributed by atoms with E-state index in [4.69, 9.17) is 14.6 Å². The number of aliphatic hydroxyl groups excluding tert-OH is 1. The first-order valence-electron chi connectivity index (χ1n) is 12.1. The van der Waals surface area contributed by atoms with Gasteiger partial charge in [0.05, 0.1) is 12.0 Å². The van der Waals surface area contributed by atoms with E-state index in [2.05, 4.69) is 11.8 Å². The van der Waals surface area contributed by atoms with Gasteiger partial charge in [0.25, 0.3) is 0 Å². The fraction of sp³-hybridized carbons (Fsp3) is 0.367. The maximum Gasteiger partial charge on any atom is 0.231 e. The van der Waals surface area contributed by atoms with Gasteiger partial charge in [-0.3, -0.25) is 14.4 Å². The van der Waals surface area contributed by atoms with Gasteiger partial charge in [-0.2, -0.15) is 0 Å². The third-order valence-corrected chi connectivity index (χ3v) is 6.40. The van der Waals surface area contributed by atoms with E-state index in [-0.39, 0.29) is 49.0 Å². The fourth-order valence-electron chi connectivity index (χ4n) is 4.11. The molecule has 188 valence electrons. The third kappa shape index (κ3) is 6.30. The molecule has 0 fully saturated rings. The minimum absolute atomic E-state index is 0.0528. The summed E-state index contributed by atoms with van der Waals surface area (Å²) in [4.78, 5) is 38.6. The SMILES string of the molecule is CC(C)C(=O)[C@](C)(CCC(C)C(=O)c1ccc(C#Cc2ccc3c(c2)OCO3)cc1)C(=O)/C=C/CO. The van der Waals surface area contributed by atoms with Crippen molar-refractivity contribution in [1.29, 1.82) is 0 Å². The van der Waals surface area contributed by atoms with E-state index < -0.39 is 5.41 Å². The molecule has 0 saturated heterocycles. The molecule has 1 heterocycles. The quantitative estimate of drug-likeness (QED) is 0.224. The lowest BCUT2D eigenvalue weighted by molar-refractivity contribution is -0.140. The second kappa shape index (κ2) is 11.8. The maximum atomic E-state index is 13.0. The summed E-state index contributed by atoms with van der Waals surface area (Å²) in [5, 5.41) is 9.00. The van der Waals surface area contributed by atoms with Gasteiger partial charge < -0.3 is 14.6 Å². The van der Waals surface area contributed by atoms with Crippen LogP contribution >= 0.6 is 0 Å². The summed E-state index contributed by atoms with van der Waals surface area (Å²) >= 11 is 0. The lowest BCUT2D eigenvalue weighted by Crippen LogP contribution is -2.39. The van der Waals surface area contributed by atoms with Crippen molar-refractivity contribution in [3.05, 3.63) is 71.3 Å². The van der Waals surface area contributed by atoms with Gasteiger partial charge in [-0.25, -0.2) is 0 Å². The van der Waals surface area contributed by atoms with E-state index in [1.165, 1.54) is 12.2 Å². The van der Waals surface area contributed by atoms with Gasteiger partial charge in [0, 0.05) is 28.5 Å². The molecule has 6 nitrogen and oxygen atoms in total. The van der Waals surface area contributed by atoms with Crippen LogP contribution in [0.2, 0.25) is 0 Å². The first kappa shape index (κ1) is 26.9. The monoisotopic (exact) mass is 488 g/mol. The highest BCUT2D eigenvalue weighted by atomic mass is 16.7. The smallest absolute Gasteiger partial charge is 0.231 e. The summed E-state index contributed by atoms with van der Waals surface area (Å²) in [5.41, 5.74) is 0.894. The molecule has 0 aliphatic carbocycles. The number of hydrogen-bond donors (Lipinski definition) is 1. The Bertz CT molecular complexity index is 1210. The summed E-state index contributed by atoms with van der Waals surface area (Å²) in [7, 11) is 0. The number of Topliss-reactive ketones (excluding diaryl/α,β-unsaturated/α-hetero) is 2. The molecular formula is C30H32O6. The van der Waals surface area contributed by atoms with Crippen LogP contribution < -0.4 is 9.47 Å². The predicted octanol–water partition coefficient (Wildman–Crippen LogP) is 4.76. The van der Waals surface area contributed by atoms with Crippen LogP contribution in [-0.2, 0) is 9.59 Å². The van der Waals surface area contributed by atoms with Crippen molar-refractivity contribution in [3.8, 4) is 23.3 Å². The number of hydrogen-bond acceptors (Lipinski definition) is 6. The summed E-state index contributed by atoms with van der Waals surface area (Å²) in [6, 6.07) is 12.6. The lowest BCUT2D eigenvalue weighted by Gasteiger charge is -2.28. The molecule has 0 radical (unpaired) electrons. The number of carbonyl (C=O) groups excluding carboxylic acids is 3. The van der Waals surface area contributed by atoms with E-state index in [0.717, 1.165) is 11.1 Å². The Hall–Kier alpha value is -3.69. The molecule has 1 unspecified atom stereocenters. The molecule has 1 N–H and O–H groups in total. The third-order valence-electron chi connectivity index (χ3n) is 6.40. The van der Waals surface area contributed by atoms with E-state index >= 15 is 0 Å². The molecule has 2 atom stereocenters. The maximum absolute atomic E-state index is 13.0. The van der Waals surface area contributed by atoms with Crippen molar-refractivity contribution in [1.82, 2.24) is 0 Å². The van der Waals surface area contributed by atoms with Gasteiger partial charge in [0.15, 0.2) is 23.1 Å². The number of rotatable bonds is 10. The minimum Gasteiger partial charge on any atom is -0.454 e. The summed E-state index contributed by atoms with van der Waals surface area (Å²) in [6.07, 6.45) is 3.23. The molecule has 6 heteroatoms. The van der Waals surface area contributed by atoms with E-state index in [1.54, 1.807) is 45.0 Å².